The van der Waals surface area contributed by atoms with Crippen LogP contribution in [0.1, 0.15) is 88.3 Å². The molecule has 49 heavy (non-hydrogen) atoms. The van der Waals surface area contributed by atoms with E-state index in [1.165, 1.54) is 12.1 Å². The molecule has 1 aliphatic rings. The van der Waals surface area contributed by atoms with Crippen molar-refractivity contribution in [2.75, 3.05) is 19.5 Å². The van der Waals surface area contributed by atoms with Crippen LogP contribution in [0.4, 0.5) is 4.39 Å². The van der Waals surface area contributed by atoms with Crippen LogP contribution in [0.25, 0.3) is 17.2 Å². The van der Waals surface area contributed by atoms with Crippen LogP contribution in [-0.2, 0) is 39.8 Å². The van der Waals surface area contributed by atoms with Crippen molar-refractivity contribution in [3.63, 3.8) is 0 Å². The predicted octanol–water partition coefficient (Wildman–Crippen LogP) is 8.72. The lowest BCUT2D eigenvalue weighted by Crippen LogP contribution is -2.31. The number of carbonyl (C=O) groups excluding carboxylic acids is 3. The van der Waals surface area contributed by atoms with Crippen molar-refractivity contribution >= 4 is 46.3 Å². The average molecular weight is 691 g/mol. The number of esters is 3. The van der Waals surface area contributed by atoms with Gasteiger partial charge in [-0.3, -0.25) is 14.4 Å². The first-order valence-corrected chi connectivity index (χ1v) is 18.3. The largest absolute Gasteiger partial charge is 0.612 e. The number of unbranched alkanes of at least 4 members (excludes halogenated alkanes) is 2. The third-order valence-electron chi connectivity index (χ3n) is 7.83. The van der Waals surface area contributed by atoms with Crippen LogP contribution < -0.4 is 0 Å². The van der Waals surface area contributed by atoms with Crippen molar-refractivity contribution in [3.8, 4) is 0 Å². The summed E-state index contributed by atoms with van der Waals surface area (Å²) in [7, 11) is 0. The van der Waals surface area contributed by atoms with Crippen molar-refractivity contribution in [1.82, 2.24) is 0 Å². The third kappa shape index (κ3) is 13.3. The Balaban J connectivity index is 1.68. The first-order chi connectivity index (χ1) is 23.6. The van der Waals surface area contributed by atoms with Gasteiger partial charge >= 0.3 is 17.9 Å². The second-order valence-electron chi connectivity index (χ2n) is 11.7. The fourth-order valence-electron chi connectivity index (χ4n) is 5.23. The Morgan fingerprint density at radius 2 is 1.55 bits per heavy atom. The van der Waals surface area contributed by atoms with Gasteiger partial charge < -0.3 is 18.8 Å². The smallest absolute Gasteiger partial charge is 0.310 e. The molecular formula is C40H47FO7S. The zero-order valence-electron chi connectivity index (χ0n) is 28.7. The maximum absolute atomic E-state index is 14.4. The molecule has 0 bridgehead atoms. The van der Waals surface area contributed by atoms with Crippen LogP contribution in [0.15, 0.2) is 89.9 Å². The Morgan fingerprint density at radius 1 is 0.898 bits per heavy atom. The zero-order chi connectivity index (χ0) is 35.6. The molecule has 0 amide bonds. The molecule has 262 valence electrons. The number of ether oxygens (including phenoxy) is 3. The lowest BCUT2D eigenvalue weighted by Gasteiger charge is -2.18. The highest BCUT2D eigenvalue weighted by molar-refractivity contribution is 7.90. The predicted molar refractivity (Wildman–Crippen MR) is 193 cm³/mol. The summed E-state index contributed by atoms with van der Waals surface area (Å²) in [5, 5.41) is 0. The summed E-state index contributed by atoms with van der Waals surface area (Å²) in [4.78, 5) is 38.9. The summed E-state index contributed by atoms with van der Waals surface area (Å²) >= 11 is -1.10. The summed E-state index contributed by atoms with van der Waals surface area (Å²) in [5.41, 5.74) is 4.51. The number of carbonyl (C=O) groups is 3. The van der Waals surface area contributed by atoms with Gasteiger partial charge in [0.2, 0.25) is 0 Å². The molecule has 2 atom stereocenters. The molecule has 0 saturated carbocycles. The average Bonchev–Trinajstić information content (AvgIpc) is 3.32. The molecule has 2 unspecified atom stereocenters. The van der Waals surface area contributed by atoms with Crippen LogP contribution >= 0.6 is 0 Å². The molecule has 2 aromatic rings. The van der Waals surface area contributed by atoms with Gasteiger partial charge in [-0.1, -0.05) is 43.4 Å². The Morgan fingerprint density at radius 3 is 2.20 bits per heavy atom. The van der Waals surface area contributed by atoms with Crippen molar-refractivity contribution < 1.29 is 37.5 Å². The number of rotatable bonds is 20. The van der Waals surface area contributed by atoms with Crippen molar-refractivity contribution in [1.29, 1.82) is 0 Å². The fourth-order valence-corrected chi connectivity index (χ4v) is 5.75. The number of allylic oxidation sites excluding steroid dienone is 7. The maximum Gasteiger partial charge on any atom is 0.310 e. The van der Waals surface area contributed by atoms with Gasteiger partial charge in [0.15, 0.2) is 11.0 Å². The Bertz CT molecular complexity index is 1550. The Hall–Kier alpha value is -4.21. The Kier molecular flexibility index (Phi) is 16.8. The van der Waals surface area contributed by atoms with Gasteiger partial charge in [-0.25, -0.2) is 4.39 Å². The van der Waals surface area contributed by atoms with E-state index in [-0.39, 0.29) is 32.5 Å². The number of benzene rings is 2. The molecule has 9 heteroatoms. The van der Waals surface area contributed by atoms with Gasteiger partial charge in [0.1, 0.15) is 25.3 Å². The van der Waals surface area contributed by atoms with E-state index in [4.69, 9.17) is 14.2 Å². The molecule has 2 aromatic carbocycles. The van der Waals surface area contributed by atoms with E-state index in [1.807, 2.05) is 56.4 Å². The standard InChI is InChI=1S/C40H47FO7S/c1-5-7-9-11-13-15-17-39(43)48-32(27-46-38(42)16-14-12-10-8-6-2)28-47-40(44)26-36-29(3)35(34-23-20-31(41)25-37(34)36)24-30-18-21-33(22-19-30)49(4)45/h5,8-11,18-25,32H,1,6-7,12-17,26-28H2,2-4H3/b10-8-,11-9-,35-24-. The van der Waals surface area contributed by atoms with Gasteiger partial charge in [-0.05, 0) is 133 Å². The van der Waals surface area contributed by atoms with Crippen molar-refractivity contribution in [2.24, 2.45) is 0 Å². The number of halogens is 1. The Labute approximate surface area is 292 Å². The first-order valence-electron chi connectivity index (χ1n) is 16.7. The molecular weight excluding hydrogens is 643 g/mol. The van der Waals surface area contributed by atoms with Gasteiger partial charge in [0.25, 0.3) is 0 Å². The van der Waals surface area contributed by atoms with Crippen LogP contribution in [0, 0.1) is 5.82 Å². The molecule has 0 fully saturated rings. The van der Waals surface area contributed by atoms with Crippen LogP contribution in [-0.4, -0.2) is 48.0 Å². The summed E-state index contributed by atoms with van der Waals surface area (Å²) in [6, 6.07) is 11.8. The summed E-state index contributed by atoms with van der Waals surface area (Å²) in [6.07, 6.45) is 16.9. The molecule has 0 spiro atoms. The van der Waals surface area contributed by atoms with E-state index in [0.717, 1.165) is 41.5 Å². The van der Waals surface area contributed by atoms with Gasteiger partial charge in [-0.15, -0.1) is 6.58 Å². The topological polar surface area (TPSA) is 102 Å². The molecule has 0 aromatic heterocycles. The summed E-state index contributed by atoms with van der Waals surface area (Å²) in [5.74, 6) is -1.93. The highest BCUT2D eigenvalue weighted by atomic mass is 32.2. The molecule has 1 aliphatic carbocycles. The summed E-state index contributed by atoms with van der Waals surface area (Å²) in [6.45, 7) is 7.04. The molecule has 0 heterocycles. The van der Waals surface area contributed by atoms with E-state index in [1.54, 1.807) is 30.5 Å². The van der Waals surface area contributed by atoms with Crippen molar-refractivity contribution in [2.45, 2.75) is 82.6 Å². The molecule has 3 rings (SSSR count). The highest BCUT2D eigenvalue weighted by Gasteiger charge is 2.27. The quantitative estimate of drug-likeness (QED) is 0.0450. The van der Waals surface area contributed by atoms with E-state index in [9.17, 15) is 23.3 Å². The minimum atomic E-state index is -1.10. The maximum atomic E-state index is 14.4. The van der Waals surface area contributed by atoms with Gasteiger partial charge in [-0.2, -0.15) is 0 Å². The lowest BCUT2D eigenvalue weighted by molar-refractivity contribution is -0.166. The molecule has 0 radical (unpaired) electrons. The molecule has 0 saturated heterocycles. The normalized spacial score (nSPS) is 14.7. The van der Waals surface area contributed by atoms with Gasteiger partial charge in [0.05, 0.1) is 6.42 Å². The molecule has 7 nitrogen and oxygen atoms in total. The summed E-state index contributed by atoms with van der Waals surface area (Å²) < 4.78 is 42.7. The second kappa shape index (κ2) is 21.0. The number of fused-ring (bicyclic) bond motifs is 1. The highest BCUT2D eigenvalue weighted by Crippen LogP contribution is 2.44. The van der Waals surface area contributed by atoms with Crippen LogP contribution in [0.2, 0.25) is 0 Å². The number of hydrogen-bond acceptors (Lipinski definition) is 7. The number of hydrogen-bond donors (Lipinski definition) is 0. The minimum absolute atomic E-state index is 0.143. The van der Waals surface area contributed by atoms with E-state index in [2.05, 4.69) is 6.58 Å². The van der Waals surface area contributed by atoms with Crippen LogP contribution in [0.3, 0.4) is 0 Å². The van der Waals surface area contributed by atoms with Gasteiger partial charge in [0, 0.05) is 12.8 Å². The van der Waals surface area contributed by atoms with E-state index >= 15 is 0 Å². The van der Waals surface area contributed by atoms with Crippen LogP contribution in [0.5, 0.6) is 0 Å². The van der Waals surface area contributed by atoms with E-state index in [0.29, 0.717) is 35.3 Å². The second-order valence-corrected chi connectivity index (χ2v) is 13.1. The third-order valence-corrected chi connectivity index (χ3v) is 8.77. The molecule has 0 N–H and O–H groups in total. The fraction of sp³-hybridized carbons (Fsp3) is 0.375. The van der Waals surface area contributed by atoms with E-state index < -0.39 is 41.0 Å². The van der Waals surface area contributed by atoms with Crippen molar-refractivity contribution in [3.05, 3.63) is 108 Å². The SMILES string of the molecule is C=CC/C=C\CCCC(=O)OC(COC(=O)CCC/C=C\CC)COC(=O)CC1=C(C)/C(=C/c2ccc([S+](C)[O-])cc2)c2ccc(F)cc21. The lowest BCUT2D eigenvalue weighted by atomic mass is 10.0. The zero-order valence-corrected chi connectivity index (χ0v) is 29.5. The monoisotopic (exact) mass is 690 g/mol. The minimum Gasteiger partial charge on any atom is -0.612 e. The first kappa shape index (κ1) is 39.2. The molecule has 0 aliphatic heterocycles.